The first kappa shape index (κ1) is 17.5. The van der Waals surface area contributed by atoms with Gasteiger partial charge in [-0.2, -0.15) is 0 Å². The monoisotopic (exact) mass is 323 g/mol. The number of rotatable bonds is 4. The summed E-state index contributed by atoms with van der Waals surface area (Å²) in [7, 11) is 0. The molecule has 0 fully saturated rings. The predicted octanol–water partition coefficient (Wildman–Crippen LogP) is 5.89. The van der Waals surface area contributed by atoms with Crippen molar-refractivity contribution in [2.75, 3.05) is 5.32 Å². The lowest BCUT2D eigenvalue weighted by Crippen LogP contribution is -2.01. The number of halogens is 2. The molecule has 0 aliphatic carbocycles. The molecule has 0 aromatic heterocycles. The van der Waals surface area contributed by atoms with E-state index in [2.05, 4.69) is 5.32 Å². The molecule has 0 unspecified atom stereocenters. The largest absolute Gasteiger partial charge is 0.353 e. The first-order valence-electron chi connectivity index (χ1n) is 6.86. The van der Waals surface area contributed by atoms with Gasteiger partial charge in [-0.05, 0) is 30.7 Å². The number of ketones is 1. The number of hydrogen-bond donors (Lipinski definition) is 1. The van der Waals surface area contributed by atoms with E-state index in [1.54, 1.807) is 25.1 Å². The van der Waals surface area contributed by atoms with E-state index in [0.29, 0.717) is 22.2 Å². The number of nitrogens with one attached hydrogen (secondary N) is 1. The van der Waals surface area contributed by atoms with E-state index in [0.717, 1.165) is 11.3 Å². The van der Waals surface area contributed by atoms with Crippen LogP contribution in [0.5, 0.6) is 0 Å². The van der Waals surface area contributed by atoms with Gasteiger partial charge in [-0.3, -0.25) is 4.79 Å². The lowest BCUT2D eigenvalue weighted by atomic mass is 10.1. The van der Waals surface area contributed by atoms with E-state index in [9.17, 15) is 4.79 Å². The SMILES string of the molecule is CC.CC(=O)Cc1ccccc1Nc1c(Cl)cccc1Cl. The molecule has 112 valence electrons. The molecule has 0 saturated heterocycles. The third kappa shape index (κ3) is 5.07. The van der Waals surface area contributed by atoms with Crippen LogP contribution in [0.25, 0.3) is 0 Å². The normalized spacial score (nSPS) is 9.57. The maximum atomic E-state index is 11.3. The van der Waals surface area contributed by atoms with Gasteiger partial charge >= 0.3 is 0 Å². The molecule has 0 aliphatic rings. The molecule has 0 spiro atoms. The van der Waals surface area contributed by atoms with Crippen LogP contribution in [0.1, 0.15) is 26.3 Å². The van der Waals surface area contributed by atoms with Crippen LogP contribution in [0.4, 0.5) is 11.4 Å². The Morgan fingerprint density at radius 2 is 1.57 bits per heavy atom. The van der Waals surface area contributed by atoms with Crippen LogP contribution in [0.3, 0.4) is 0 Å². The molecular formula is C17H19Cl2NO. The van der Waals surface area contributed by atoms with Crippen molar-refractivity contribution < 1.29 is 4.79 Å². The number of hydrogen-bond acceptors (Lipinski definition) is 2. The molecule has 2 aromatic carbocycles. The quantitative estimate of drug-likeness (QED) is 0.759. The fourth-order valence-electron chi connectivity index (χ4n) is 1.82. The molecular weight excluding hydrogens is 305 g/mol. The molecule has 0 heterocycles. The van der Waals surface area contributed by atoms with Gasteiger partial charge in [0.25, 0.3) is 0 Å². The summed E-state index contributed by atoms with van der Waals surface area (Å²) in [6.07, 6.45) is 0.380. The topological polar surface area (TPSA) is 29.1 Å². The maximum Gasteiger partial charge on any atom is 0.134 e. The van der Waals surface area contributed by atoms with Gasteiger partial charge in [0, 0.05) is 12.1 Å². The number of Topliss-reactive ketones (excluding diaryl/α,β-unsaturated/α-hetero) is 1. The lowest BCUT2D eigenvalue weighted by Gasteiger charge is -2.13. The average Bonchev–Trinajstić information content (AvgIpc) is 2.46. The molecule has 0 amide bonds. The molecule has 21 heavy (non-hydrogen) atoms. The van der Waals surface area contributed by atoms with Crippen molar-refractivity contribution in [3.8, 4) is 0 Å². The van der Waals surface area contributed by atoms with Crippen LogP contribution in [0.2, 0.25) is 10.0 Å². The van der Waals surface area contributed by atoms with Crippen molar-refractivity contribution in [2.24, 2.45) is 0 Å². The molecule has 1 N–H and O–H groups in total. The summed E-state index contributed by atoms with van der Waals surface area (Å²) >= 11 is 12.2. The standard InChI is InChI=1S/C15H13Cl2NO.C2H6/c1-10(19)9-11-5-2-3-8-14(11)18-15-12(16)6-4-7-13(15)17;1-2/h2-8,18H,9H2,1H3;1-2H3. The van der Waals surface area contributed by atoms with Crippen LogP contribution >= 0.6 is 23.2 Å². The molecule has 4 heteroatoms. The number of anilines is 2. The Kier molecular flexibility index (Phi) is 7.27. The van der Waals surface area contributed by atoms with Crippen molar-refractivity contribution in [1.29, 1.82) is 0 Å². The van der Waals surface area contributed by atoms with Crippen LogP contribution in [-0.4, -0.2) is 5.78 Å². The van der Waals surface area contributed by atoms with Crippen molar-refractivity contribution in [1.82, 2.24) is 0 Å². The second-order valence-corrected chi connectivity index (χ2v) is 5.07. The average molecular weight is 324 g/mol. The Balaban J connectivity index is 0.00000106. The van der Waals surface area contributed by atoms with E-state index < -0.39 is 0 Å². The number of carbonyl (C=O) groups is 1. The van der Waals surface area contributed by atoms with E-state index in [1.807, 2.05) is 38.1 Å². The van der Waals surface area contributed by atoms with Gasteiger partial charge in [0.05, 0.1) is 15.7 Å². The van der Waals surface area contributed by atoms with Crippen LogP contribution in [0, 0.1) is 0 Å². The zero-order valence-electron chi connectivity index (χ0n) is 12.4. The minimum atomic E-state index is 0.111. The van der Waals surface area contributed by atoms with Gasteiger partial charge in [0.1, 0.15) is 5.78 Å². The van der Waals surface area contributed by atoms with E-state index in [-0.39, 0.29) is 5.78 Å². The Labute approximate surface area is 136 Å². The van der Waals surface area contributed by atoms with Crippen molar-refractivity contribution in [3.05, 3.63) is 58.1 Å². The highest BCUT2D eigenvalue weighted by Crippen LogP contribution is 2.33. The third-order valence-corrected chi connectivity index (χ3v) is 3.31. The van der Waals surface area contributed by atoms with Gasteiger partial charge in [-0.25, -0.2) is 0 Å². The summed E-state index contributed by atoms with van der Waals surface area (Å²) < 4.78 is 0. The molecule has 2 aromatic rings. The van der Waals surface area contributed by atoms with E-state index in [1.165, 1.54) is 0 Å². The zero-order chi connectivity index (χ0) is 15.8. The molecule has 0 atom stereocenters. The van der Waals surface area contributed by atoms with Crippen molar-refractivity contribution in [2.45, 2.75) is 27.2 Å². The summed E-state index contributed by atoms with van der Waals surface area (Å²) in [5.74, 6) is 0.111. The van der Waals surface area contributed by atoms with Gasteiger partial charge in [-0.1, -0.05) is 61.3 Å². The fraction of sp³-hybridized carbons (Fsp3) is 0.235. The Bertz CT molecular complexity index is 591. The number of benzene rings is 2. The summed E-state index contributed by atoms with van der Waals surface area (Å²) in [5.41, 5.74) is 2.42. The Hall–Kier alpha value is -1.51. The molecule has 0 radical (unpaired) electrons. The number of carbonyl (C=O) groups excluding carboxylic acids is 1. The van der Waals surface area contributed by atoms with E-state index >= 15 is 0 Å². The summed E-state index contributed by atoms with van der Waals surface area (Å²) in [6.45, 7) is 5.57. The molecule has 0 aliphatic heterocycles. The van der Waals surface area contributed by atoms with Gasteiger partial charge in [0.2, 0.25) is 0 Å². The zero-order valence-corrected chi connectivity index (χ0v) is 13.9. The highest BCUT2D eigenvalue weighted by molar-refractivity contribution is 6.39. The van der Waals surface area contributed by atoms with Crippen LogP contribution < -0.4 is 5.32 Å². The number of para-hydroxylation sites is 2. The first-order chi connectivity index (χ1) is 10.1. The summed E-state index contributed by atoms with van der Waals surface area (Å²) in [5, 5.41) is 4.29. The van der Waals surface area contributed by atoms with E-state index in [4.69, 9.17) is 23.2 Å². The highest BCUT2D eigenvalue weighted by atomic mass is 35.5. The van der Waals surface area contributed by atoms with Crippen molar-refractivity contribution in [3.63, 3.8) is 0 Å². The molecule has 2 nitrogen and oxygen atoms in total. The minimum absolute atomic E-state index is 0.111. The third-order valence-electron chi connectivity index (χ3n) is 2.68. The highest BCUT2D eigenvalue weighted by Gasteiger charge is 2.09. The van der Waals surface area contributed by atoms with Gasteiger partial charge in [0.15, 0.2) is 0 Å². The Morgan fingerprint density at radius 3 is 2.14 bits per heavy atom. The summed E-state index contributed by atoms with van der Waals surface area (Å²) in [4.78, 5) is 11.3. The predicted molar refractivity (Wildman–Crippen MR) is 91.9 cm³/mol. The summed E-state index contributed by atoms with van der Waals surface area (Å²) in [6, 6.07) is 12.9. The lowest BCUT2D eigenvalue weighted by molar-refractivity contribution is -0.116. The van der Waals surface area contributed by atoms with Gasteiger partial charge < -0.3 is 5.32 Å². The molecule has 0 saturated carbocycles. The second-order valence-electron chi connectivity index (χ2n) is 4.26. The smallest absolute Gasteiger partial charge is 0.134 e. The van der Waals surface area contributed by atoms with Crippen molar-refractivity contribution >= 4 is 40.4 Å². The van der Waals surface area contributed by atoms with Crippen LogP contribution in [-0.2, 0) is 11.2 Å². The fourth-order valence-corrected chi connectivity index (χ4v) is 2.31. The first-order valence-corrected chi connectivity index (χ1v) is 7.62. The van der Waals surface area contributed by atoms with Gasteiger partial charge in [-0.15, -0.1) is 0 Å². The molecule has 0 bridgehead atoms. The second kappa shape index (κ2) is 8.71. The minimum Gasteiger partial charge on any atom is -0.353 e. The molecule has 2 rings (SSSR count). The maximum absolute atomic E-state index is 11.3. The van der Waals surface area contributed by atoms with Crippen LogP contribution in [0.15, 0.2) is 42.5 Å². The Morgan fingerprint density at radius 1 is 1.00 bits per heavy atom.